The summed E-state index contributed by atoms with van der Waals surface area (Å²) in [5.41, 5.74) is 8.05. The second-order valence-corrected chi connectivity index (χ2v) is 3.74. The molecular formula is C11H11ClN2O. The fourth-order valence-corrected chi connectivity index (χ4v) is 1.68. The van der Waals surface area contributed by atoms with E-state index < -0.39 is 0 Å². The minimum absolute atomic E-state index is 0.343. The number of hydrogen-bond acceptors (Lipinski definition) is 3. The maximum atomic E-state index is 5.87. The third-order valence-electron chi connectivity index (χ3n) is 2.30. The Kier molecular flexibility index (Phi) is 2.40. The lowest BCUT2D eigenvalue weighted by molar-refractivity contribution is 0.415. The number of aryl methyl sites for hydroxylation is 1. The first-order chi connectivity index (χ1) is 7.11. The second-order valence-electron chi connectivity index (χ2n) is 3.38. The summed E-state index contributed by atoms with van der Waals surface area (Å²) in [5, 5.41) is 1.28. The number of pyridine rings is 1. The Bertz CT molecular complexity index is 525. The molecule has 0 aliphatic heterocycles. The highest BCUT2D eigenvalue weighted by Gasteiger charge is 2.06. The number of methoxy groups -OCH3 is 1. The lowest BCUT2D eigenvalue weighted by Crippen LogP contribution is -1.93. The number of halogens is 1. The van der Waals surface area contributed by atoms with E-state index in [0.29, 0.717) is 10.8 Å². The molecule has 15 heavy (non-hydrogen) atoms. The number of nitrogen functional groups attached to an aromatic ring is 1. The normalized spacial score (nSPS) is 10.6. The summed E-state index contributed by atoms with van der Waals surface area (Å²) < 4.78 is 5.17. The maximum Gasteiger partial charge on any atom is 0.152 e. The summed E-state index contributed by atoms with van der Waals surface area (Å²) in [6.07, 6.45) is 0. The van der Waals surface area contributed by atoms with Gasteiger partial charge in [-0.25, -0.2) is 4.98 Å². The van der Waals surface area contributed by atoms with Gasteiger partial charge in [0.05, 0.1) is 18.3 Å². The number of aromatic nitrogens is 1. The van der Waals surface area contributed by atoms with Gasteiger partial charge in [0, 0.05) is 5.39 Å². The number of ether oxygens (including phenoxy) is 1. The van der Waals surface area contributed by atoms with Crippen LogP contribution in [0.4, 0.5) is 5.69 Å². The van der Waals surface area contributed by atoms with Crippen LogP contribution in [0, 0.1) is 6.92 Å². The van der Waals surface area contributed by atoms with Crippen LogP contribution in [0.1, 0.15) is 5.56 Å². The summed E-state index contributed by atoms with van der Waals surface area (Å²) in [5.74, 6) is 0.795. The summed E-state index contributed by atoms with van der Waals surface area (Å²) in [6.45, 7) is 1.96. The average molecular weight is 223 g/mol. The molecule has 0 aliphatic rings. The van der Waals surface area contributed by atoms with E-state index in [-0.39, 0.29) is 0 Å². The fraction of sp³-hybridized carbons (Fsp3) is 0.182. The first-order valence-corrected chi connectivity index (χ1v) is 4.90. The van der Waals surface area contributed by atoms with Crippen molar-refractivity contribution in [3.63, 3.8) is 0 Å². The molecule has 0 unspecified atom stereocenters. The Morgan fingerprint density at radius 2 is 2.07 bits per heavy atom. The Labute approximate surface area is 92.8 Å². The molecule has 0 atom stereocenters. The molecule has 0 spiro atoms. The van der Waals surface area contributed by atoms with Gasteiger partial charge in [-0.3, -0.25) is 0 Å². The SMILES string of the molecule is COc1cc(C)c2nc(Cl)c(N)cc2c1. The van der Waals surface area contributed by atoms with Gasteiger partial charge in [0.15, 0.2) is 5.15 Å². The summed E-state index contributed by atoms with van der Waals surface area (Å²) in [6, 6.07) is 5.62. The molecule has 0 saturated heterocycles. The predicted molar refractivity (Wildman–Crippen MR) is 62.5 cm³/mol. The molecule has 2 rings (SSSR count). The van der Waals surface area contributed by atoms with Gasteiger partial charge in [-0.15, -0.1) is 0 Å². The molecule has 0 amide bonds. The van der Waals surface area contributed by atoms with E-state index in [0.717, 1.165) is 22.2 Å². The zero-order chi connectivity index (χ0) is 11.0. The summed E-state index contributed by atoms with van der Waals surface area (Å²) in [7, 11) is 1.63. The molecule has 0 radical (unpaired) electrons. The van der Waals surface area contributed by atoms with Crippen LogP contribution < -0.4 is 10.5 Å². The van der Waals surface area contributed by atoms with Gasteiger partial charge < -0.3 is 10.5 Å². The zero-order valence-electron chi connectivity index (χ0n) is 8.54. The maximum absolute atomic E-state index is 5.87. The number of anilines is 1. The van der Waals surface area contributed by atoms with Crippen LogP contribution in [0.3, 0.4) is 0 Å². The largest absolute Gasteiger partial charge is 0.497 e. The van der Waals surface area contributed by atoms with Gasteiger partial charge >= 0.3 is 0 Å². The first kappa shape index (κ1) is 10.1. The highest BCUT2D eigenvalue weighted by molar-refractivity contribution is 6.32. The summed E-state index contributed by atoms with van der Waals surface area (Å²) in [4.78, 5) is 4.24. The van der Waals surface area contributed by atoms with E-state index in [1.165, 1.54) is 0 Å². The van der Waals surface area contributed by atoms with Gasteiger partial charge in [-0.2, -0.15) is 0 Å². The third kappa shape index (κ3) is 1.70. The zero-order valence-corrected chi connectivity index (χ0v) is 9.30. The molecule has 1 aromatic carbocycles. The van der Waals surface area contributed by atoms with E-state index >= 15 is 0 Å². The van der Waals surface area contributed by atoms with Crippen LogP contribution in [-0.2, 0) is 0 Å². The Balaban J connectivity index is 2.80. The highest BCUT2D eigenvalue weighted by atomic mass is 35.5. The van der Waals surface area contributed by atoms with Crippen molar-refractivity contribution in [1.29, 1.82) is 0 Å². The molecule has 1 aromatic heterocycles. The predicted octanol–water partition coefficient (Wildman–Crippen LogP) is 2.79. The molecule has 78 valence electrons. The summed E-state index contributed by atoms with van der Waals surface area (Å²) >= 11 is 5.87. The van der Waals surface area contributed by atoms with Crippen molar-refractivity contribution in [3.05, 3.63) is 28.9 Å². The second kappa shape index (κ2) is 3.59. The smallest absolute Gasteiger partial charge is 0.152 e. The minimum Gasteiger partial charge on any atom is -0.497 e. The van der Waals surface area contributed by atoms with Gasteiger partial charge in [0.25, 0.3) is 0 Å². The molecule has 0 aliphatic carbocycles. The van der Waals surface area contributed by atoms with E-state index in [2.05, 4.69) is 4.98 Å². The van der Waals surface area contributed by atoms with Gasteiger partial charge in [-0.05, 0) is 30.7 Å². The van der Waals surface area contributed by atoms with Crippen LogP contribution in [0.15, 0.2) is 18.2 Å². The van der Waals surface area contributed by atoms with Crippen molar-refractivity contribution < 1.29 is 4.74 Å². The number of fused-ring (bicyclic) bond motifs is 1. The third-order valence-corrected chi connectivity index (χ3v) is 2.60. The van der Waals surface area contributed by atoms with Crippen molar-refractivity contribution in [1.82, 2.24) is 4.98 Å². The molecule has 3 nitrogen and oxygen atoms in total. The molecule has 2 N–H and O–H groups in total. The standard InChI is InChI=1S/C11H11ClN2O/c1-6-3-8(15-2)4-7-5-9(13)11(12)14-10(6)7/h3-5H,13H2,1-2H3. The average Bonchev–Trinajstić information content (AvgIpc) is 2.21. The number of benzene rings is 1. The molecule has 2 aromatic rings. The van der Waals surface area contributed by atoms with Crippen molar-refractivity contribution in [3.8, 4) is 5.75 Å². The fourth-order valence-electron chi connectivity index (χ4n) is 1.54. The van der Waals surface area contributed by atoms with Crippen molar-refractivity contribution in [2.75, 3.05) is 12.8 Å². The molecule has 4 heteroatoms. The van der Waals surface area contributed by atoms with Crippen molar-refractivity contribution in [2.24, 2.45) is 0 Å². The Morgan fingerprint density at radius 1 is 1.33 bits per heavy atom. The van der Waals surface area contributed by atoms with E-state index in [1.54, 1.807) is 13.2 Å². The van der Waals surface area contributed by atoms with Gasteiger partial charge in [0.2, 0.25) is 0 Å². The van der Waals surface area contributed by atoms with E-state index in [1.807, 2.05) is 19.1 Å². The van der Waals surface area contributed by atoms with Crippen LogP contribution in [0.2, 0.25) is 5.15 Å². The Morgan fingerprint density at radius 3 is 2.73 bits per heavy atom. The highest BCUT2D eigenvalue weighted by Crippen LogP contribution is 2.28. The number of rotatable bonds is 1. The first-order valence-electron chi connectivity index (χ1n) is 4.52. The van der Waals surface area contributed by atoms with Crippen LogP contribution in [0.25, 0.3) is 10.9 Å². The van der Waals surface area contributed by atoms with Crippen LogP contribution >= 0.6 is 11.6 Å². The monoisotopic (exact) mass is 222 g/mol. The molecule has 1 heterocycles. The van der Waals surface area contributed by atoms with Crippen LogP contribution in [0.5, 0.6) is 5.75 Å². The number of nitrogens with zero attached hydrogens (tertiary/aromatic N) is 1. The molecule has 0 fully saturated rings. The minimum atomic E-state index is 0.343. The van der Waals surface area contributed by atoms with Crippen molar-refractivity contribution in [2.45, 2.75) is 6.92 Å². The Hall–Kier alpha value is -1.48. The number of hydrogen-bond donors (Lipinski definition) is 1. The topological polar surface area (TPSA) is 48.1 Å². The molecule has 0 bridgehead atoms. The van der Waals surface area contributed by atoms with Gasteiger partial charge in [0.1, 0.15) is 5.75 Å². The number of nitrogens with two attached hydrogens (primary N) is 1. The molecule has 0 saturated carbocycles. The lowest BCUT2D eigenvalue weighted by Gasteiger charge is -2.07. The van der Waals surface area contributed by atoms with E-state index in [4.69, 9.17) is 22.1 Å². The quantitative estimate of drug-likeness (QED) is 0.755. The van der Waals surface area contributed by atoms with E-state index in [9.17, 15) is 0 Å². The van der Waals surface area contributed by atoms with Crippen LogP contribution in [-0.4, -0.2) is 12.1 Å². The van der Waals surface area contributed by atoms with Gasteiger partial charge in [-0.1, -0.05) is 11.6 Å². The van der Waals surface area contributed by atoms with Crippen molar-refractivity contribution >= 4 is 28.2 Å². The lowest BCUT2D eigenvalue weighted by atomic mass is 10.1. The molecular weight excluding hydrogens is 212 g/mol.